The highest BCUT2D eigenvalue weighted by Crippen LogP contribution is 2.49. The molecule has 1 aromatic heterocycles. The largest absolute Gasteiger partial charge is 0.477 e. The fraction of sp³-hybridized carbons (Fsp3) is 0.400. The van der Waals surface area contributed by atoms with Gasteiger partial charge in [0.15, 0.2) is 6.10 Å². The third kappa shape index (κ3) is 5.93. The average Bonchev–Trinajstić information content (AvgIpc) is 3.42. The molecule has 19 heteroatoms. The molecule has 3 heterocycles. The number of H-pyrrole nitrogens is 1. The molecule has 4 rings (SSSR count). The van der Waals surface area contributed by atoms with E-state index in [2.05, 4.69) is 25.9 Å². The molecule has 2 unspecified atom stereocenters. The van der Waals surface area contributed by atoms with Crippen LogP contribution in [0.15, 0.2) is 46.8 Å². The Morgan fingerprint density at radius 2 is 2.08 bits per heavy atom. The monoisotopic (exact) mass is 601 g/mol. The lowest BCUT2D eigenvalue weighted by atomic mass is 9.96. The van der Waals surface area contributed by atoms with Gasteiger partial charge in [0.25, 0.3) is 17.5 Å². The van der Waals surface area contributed by atoms with Gasteiger partial charge in [-0.1, -0.05) is 42.1 Å². The minimum atomic E-state index is -4.51. The molecule has 0 saturated carbocycles. The molecule has 6 N–H and O–H groups in total. The quantitative estimate of drug-likeness (QED) is 0.0732. The van der Waals surface area contributed by atoms with Gasteiger partial charge in [-0.2, -0.15) is 18.4 Å². The minimum absolute atomic E-state index is 0.00616. The summed E-state index contributed by atoms with van der Waals surface area (Å²) < 4.78 is 38.6. The number of thioether (sulfide) groups is 2. The van der Waals surface area contributed by atoms with Crippen molar-refractivity contribution < 1.29 is 42.3 Å². The van der Waals surface area contributed by atoms with E-state index >= 15 is 0 Å². The molecule has 2 aliphatic heterocycles. The van der Waals surface area contributed by atoms with Crippen LogP contribution in [-0.2, 0) is 29.4 Å². The van der Waals surface area contributed by atoms with Gasteiger partial charge < -0.3 is 20.3 Å². The number of tetrazole rings is 1. The normalized spacial score (nSPS) is 22.6. The number of carbonyl (C=O) groups is 3. The van der Waals surface area contributed by atoms with Crippen LogP contribution >= 0.6 is 23.5 Å². The van der Waals surface area contributed by atoms with Gasteiger partial charge in [0, 0.05) is 24.7 Å². The molecule has 2 amide bonds. The number of aromatic amines is 1. The lowest BCUT2D eigenvalue weighted by Crippen LogP contribution is -2.81. The zero-order valence-electron chi connectivity index (χ0n) is 20.0. The van der Waals surface area contributed by atoms with Crippen molar-refractivity contribution in [2.24, 2.45) is 0 Å². The molecule has 0 bridgehead atoms. The van der Waals surface area contributed by atoms with Crippen LogP contribution in [0.4, 0.5) is 0 Å². The van der Waals surface area contributed by atoms with Gasteiger partial charge in [0.1, 0.15) is 11.1 Å². The first-order chi connectivity index (χ1) is 18.5. The molecule has 0 spiro atoms. The minimum Gasteiger partial charge on any atom is -0.477 e. The van der Waals surface area contributed by atoms with Crippen LogP contribution in [0.5, 0.6) is 0 Å². The predicted molar refractivity (Wildman–Crippen MR) is 135 cm³/mol. The van der Waals surface area contributed by atoms with Gasteiger partial charge in [-0.05, 0) is 22.8 Å². The number of benzene rings is 1. The van der Waals surface area contributed by atoms with Crippen LogP contribution in [0.1, 0.15) is 18.1 Å². The number of β-lactam (4-membered cyclic amide) rings is 1. The molecule has 16 nitrogen and oxygen atoms in total. The number of rotatable bonds is 12. The topological polar surface area (TPSA) is 237 Å². The van der Waals surface area contributed by atoms with Gasteiger partial charge in [-0.25, -0.2) is 4.79 Å². The van der Waals surface area contributed by atoms with Crippen LogP contribution in [0.25, 0.3) is 0 Å². The molecule has 1 saturated heterocycles. The number of carbonyl (C=O) groups excluding carboxylic acids is 2. The summed E-state index contributed by atoms with van der Waals surface area (Å²) >= 11 is 2.08. The number of hydrogen-bond donors (Lipinski definition) is 6. The smallest absolute Gasteiger partial charge is 0.352 e. The fourth-order valence-corrected chi connectivity index (χ4v) is 7.15. The summed E-state index contributed by atoms with van der Waals surface area (Å²) in [6.07, 6.45) is -1.61. The van der Waals surface area contributed by atoms with E-state index in [-0.39, 0.29) is 40.7 Å². The van der Waals surface area contributed by atoms with Gasteiger partial charge >= 0.3 is 16.3 Å². The van der Waals surface area contributed by atoms with Crippen molar-refractivity contribution in [3.05, 3.63) is 47.2 Å². The zero-order chi connectivity index (χ0) is 28.4. The second-order valence-corrected chi connectivity index (χ2v) is 11.7. The van der Waals surface area contributed by atoms with Crippen molar-refractivity contribution in [1.82, 2.24) is 35.6 Å². The first kappa shape index (κ1) is 28.9. The SMILES string of the molecule is CO[C@]1(NC(=O)C(O)c2ccccc2)C(=O)N2C(C(=O)O)=C(C(CCNS(=O)(=O)O)Sc3nn[nH]n3)CS[C@H]21. The fourth-order valence-electron chi connectivity index (χ4n) is 4.14. The van der Waals surface area contributed by atoms with Crippen LogP contribution in [-0.4, -0.2) is 102 Å². The first-order valence-corrected chi connectivity index (χ1v) is 14.5. The number of nitrogens with one attached hydrogen (secondary N) is 3. The molecule has 2 aromatic rings. The Morgan fingerprint density at radius 1 is 1.36 bits per heavy atom. The Bertz CT molecular complexity index is 1370. The number of aliphatic hydroxyl groups is 1. The highest BCUT2D eigenvalue weighted by molar-refractivity contribution is 8.01. The van der Waals surface area contributed by atoms with Crippen LogP contribution in [0.3, 0.4) is 0 Å². The lowest BCUT2D eigenvalue weighted by Gasteiger charge is -2.56. The molecule has 1 fully saturated rings. The van der Waals surface area contributed by atoms with Crippen LogP contribution in [0, 0.1) is 0 Å². The summed E-state index contributed by atoms with van der Waals surface area (Å²) in [7, 11) is -3.32. The Labute approximate surface area is 229 Å². The molecule has 4 atom stereocenters. The molecule has 0 radical (unpaired) electrons. The Morgan fingerprint density at radius 3 is 2.67 bits per heavy atom. The molecule has 2 aliphatic rings. The maximum atomic E-state index is 13.4. The maximum absolute atomic E-state index is 13.4. The number of carboxylic acids is 1. The average molecular weight is 602 g/mol. The van der Waals surface area contributed by atoms with Crippen LogP contribution in [0.2, 0.25) is 0 Å². The number of methoxy groups -OCH3 is 1. The van der Waals surface area contributed by atoms with E-state index in [1.54, 1.807) is 18.2 Å². The van der Waals surface area contributed by atoms with Gasteiger partial charge in [-0.15, -0.1) is 22.0 Å². The first-order valence-electron chi connectivity index (χ1n) is 11.1. The van der Waals surface area contributed by atoms with E-state index < -0.39 is 50.5 Å². The number of aromatic nitrogens is 4. The van der Waals surface area contributed by atoms with E-state index in [0.717, 1.165) is 28.4 Å². The molecule has 39 heavy (non-hydrogen) atoms. The van der Waals surface area contributed by atoms with E-state index in [9.17, 15) is 33.0 Å². The van der Waals surface area contributed by atoms with E-state index in [4.69, 9.17) is 9.29 Å². The van der Waals surface area contributed by atoms with Crippen molar-refractivity contribution in [3.63, 3.8) is 0 Å². The number of aliphatic hydroxyl groups excluding tert-OH is 1. The van der Waals surface area contributed by atoms with Gasteiger partial charge in [0.2, 0.25) is 5.16 Å². The second-order valence-electron chi connectivity index (χ2n) is 8.22. The second kappa shape index (κ2) is 11.6. The number of ether oxygens (including phenoxy) is 1. The van der Waals surface area contributed by atoms with Crippen molar-refractivity contribution in [2.45, 2.75) is 34.0 Å². The summed E-state index contributed by atoms with van der Waals surface area (Å²) in [5, 5.41) is 34.8. The van der Waals surface area contributed by atoms with E-state index in [0.29, 0.717) is 0 Å². The number of amides is 2. The molecular formula is C20H23N7O9S3. The number of nitrogens with zero attached hydrogens (tertiary/aromatic N) is 4. The Balaban J connectivity index is 1.62. The third-order valence-corrected chi connectivity index (χ3v) is 9.00. The van der Waals surface area contributed by atoms with Crippen LogP contribution < -0.4 is 10.0 Å². The van der Waals surface area contributed by atoms with E-state index in [1.165, 1.54) is 19.2 Å². The highest BCUT2D eigenvalue weighted by atomic mass is 32.2. The van der Waals surface area contributed by atoms with Gasteiger partial charge in [-0.3, -0.25) is 19.0 Å². The van der Waals surface area contributed by atoms with Crippen molar-refractivity contribution in [3.8, 4) is 0 Å². The summed E-state index contributed by atoms with van der Waals surface area (Å²) in [5.74, 6) is -3.18. The Kier molecular flexibility index (Phi) is 8.59. The third-order valence-electron chi connectivity index (χ3n) is 5.91. The highest BCUT2D eigenvalue weighted by Gasteiger charge is 2.67. The predicted octanol–water partition coefficient (Wildman–Crippen LogP) is -1.11. The summed E-state index contributed by atoms with van der Waals surface area (Å²) in [6, 6.07) is 8.03. The van der Waals surface area contributed by atoms with Crippen molar-refractivity contribution in [1.29, 1.82) is 0 Å². The number of carboxylic acid groups (broad SMARTS) is 1. The molecular weight excluding hydrogens is 578 g/mol. The molecule has 0 aliphatic carbocycles. The molecule has 1 aromatic carbocycles. The lowest BCUT2D eigenvalue weighted by molar-refractivity contribution is -0.194. The zero-order valence-corrected chi connectivity index (χ0v) is 22.5. The van der Waals surface area contributed by atoms with Crippen molar-refractivity contribution >= 4 is 51.6 Å². The van der Waals surface area contributed by atoms with E-state index in [1.807, 2.05) is 4.72 Å². The summed E-state index contributed by atoms with van der Waals surface area (Å²) in [4.78, 5) is 39.6. The molecule has 210 valence electrons. The van der Waals surface area contributed by atoms with Gasteiger partial charge in [0.05, 0.1) is 0 Å². The summed E-state index contributed by atoms with van der Waals surface area (Å²) in [6.45, 7) is -0.262. The maximum Gasteiger partial charge on any atom is 0.352 e. The number of aliphatic carboxylic acids is 1. The Hall–Kier alpha value is -3.07. The summed E-state index contributed by atoms with van der Waals surface area (Å²) in [5.41, 5.74) is -1.77. The number of hydrogen-bond acceptors (Lipinski definition) is 12. The number of fused-ring (bicyclic) bond motifs is 1. The van der Waals surface area contributed by atoms with Crippen molar-refractivity contribution in [2.75, 3.05) is 19.4 Å². The standard InChI is InChI=1S/C20H23N7O9S3/c1-36-20(22-15(29)14(28)10-5-3-2-4-6-10)17(32)27-13(16(30)31)11(9-37-18(20)27)12(7-8-21-39(33,34)35)38-19-23-25-26-24-19/h2-6,12,14,18,21,28H,7-9H2,1H3,(H,22,29)(H,30,31)(H,33,34,35)(H,23,24,25,26)/t12?,14?,18-,20+/m0/s1.